The third-order valence-corrected chi connectivity index (χ3v) is 13.7. The highest BCUT2D eigenvalue weighted by Crippen LogP contribution is 2.50. The number of hydrogen-bond acceptors (Lipinski definition) is 29. The molecule has 0 saturated heterocycles. The first-order valence-electron chi connectivity index (χ1n) is 15.6. The maximum absolute atomic E-state index is 12.8. The van der Waals surface area contributed by atoms with E-state index < -0.39 is 125 Å². The van der Waals surface area contributed by atoms with E-state index >= 15 is 0 Å². The van der Waals surface area contributed by atoms with Crippen LogP contribution in [0.1, 0.15) is 10.4 Å². The van der Waals surface area contributed by atoms with Gasteiger partial charge in [0.25, 0.3) is 10.1 Å². The van der Waals surface area contributed by atoms with Crippen LogP contribution >= 0.6 is 36.4 Å². The maximum atomic E-state index is 12.8. The van der Waals surface area contributed by atoms with Gasteiger partial charge in [0.2, 0.25) is 0 Å². The molecule has 0 atom stereocenters. The van der Waals surface area contributed by atoms with Crippen molar-refractivity contribution in [2.45, 2.75) is 24.5 Å². The molecule has 9 N–H and O–H groups in total. The van der Waals surface area contributed by atoms with Gasteiger partial charge in [0.05, 0.1) is 85.0 Å². The Morgan fingerprint density at radius 1 is 0.683 bits per heavy atom. The van der Waals surface area contributed by atoms with Gasteiger partial charge in [-0.2, -0.15) is 16.8 Å². The van der Waals surface area contributed by atoms with Crippen LogP contribution in [0.4, 0.5) is 28.4 Å². The van der Waals surface area contributed by atoms with Gasteiger partial charge < -0.3 is 15.9 Å². The largest absolute Gasteiger partial charge is 0.505 e. The third-order valence-electron chi connectivity index (χ3n) is 7.39. The number of rotatable bonds is 24. The molecule has 0 unspecified atom stereocenters. The second-order valence-electron chi connectivity index (χ2n) is 11.2. The molecule has 4 rings (SSSR count). The first kappa shape index (κ1) is 51.4. The van der Waals surface area contributed by atoms with Crippen LogP contribution in [0.3, 0.4) is 0 Å². The molecule has 0 aliphatic heterocycles. The summed E-state index contributed by atoms with van der Waals surface area (Å²) < 4.78 is 138. The van der Waals surface area contributed by atoms with Crippen LogP contribution in [-0.2, 0) is 76.7 Å². The number of sulfone groups is 2. The summed E-state index contributed by atoms with van der Waals surface area (Å²) in [5.41, 5.74) is 2.49. The zero-order valence-electron chi connectivity index (χ0n) is 30.2. The number of phenols is 1. The molecule has 0 bridgehead atoms. The lowest BCUT2D eigenvalue weighted by molar-refractivity contribution is -0.434. The number of nitrogens with two attached hydrogens (primary N) is 1. The zero-order chi connectivity index (χ0) is 46.8. The Kier molecular flexibility index (Phi) is 18.0. The fourth-order valence-electron chi connectivity index (χ4n) is 4.78. The highest BCUT2D eigenvalue weighted by molar-refractivity contribution is 7.95. The van der Waals surface area contributed by atoms with Crippen molar-refractivity contribution in [2.24, 2.45) is 20.5 Å². The Balaban J connectivity index is 1.85. The lowest BCUT2D eigenvalue weighted by atomic mass is 10.1. The molecule has 4 aromatic rings. The molecule has 4 aromatic carbocycles. The summed E-state index contributed by atoms with van der Waals surface area (Å²) >= 11 is 0.374. The summed E-state index contributed by atoms with van der Waals surface area (Å²) in [7, 11) is -18.8. The third kappa shape index (κ3) is 13.9. The number of nitrogens with zero attached hydrogens (tertiary/aromatic N) is 4. The van der Waals surface area contributed by atoms with Crippen molar-refractivity contribution >= 4 is 122 Å². The number of carbonyl (C=O) groups is 1. The van der Waals surface area contributed by atoms with Gasteiger partial charge in [-0.15, -0.1) is 33.5 Å². The molecule has 0 aliphatic rings. The normalized spacial score (nSPS) is 12.8. The number of carboxylic acids is 1. The highest BCUT2D eigenvalue weighted by atomic mass is 32.3. The molecule has 0 aromatic heterocycles. The van der Waals surface area contributed by atoms with Crippen molar-refractivity contribution in [2.75, 3.05) is 30.5 Å². The van der Waals surface area contributed by atoms with Crippen molar-refractivity contribution < 1.29 is 110 Å². The van der Waals surface area contributed by atoms with Crippen LogP contribution in [0, 0.1) is 0 Å². The van der Waals surface area contributed by atoms with Gasteiger partial charge in [-0.25, -0.2) is 41.6 Å². The summed E-state index contributed by atoms with van der Waals surface area (Å²) in [5.74, 6) is -4.32. The summed E-state index contributed by atoms with van der Waals surface area (Å²) in [6, 6.07) is 7.13. The molecule has 344 valence electrons. The Bertz CT molecular complexity index is 2860. The number of hydrogen-bond donors (Lipinski definition) is 8. The first-order chi connectivity index (χ1) is 29.5. The Morgan fingerprint density at radius 2 is 1.24 bits per heavy atom. The molecule has 0 aliphatic carbocycles. The Labute approximate surface area is 365 Å². The molecule has 63 heavy (non-hydrogen) atoms. The smallest absolute Gasteiger partial charge is 0.397 e. The number of azo groups is 2. The van der Waals surface area contributed by atoms with Crippen molar-refractivity contribution in [1.82, 2.24) is 0 Å². The van der Waals surface area contributed by atoms with E-state index in [9.17, 15) is 53.2 Å². The van der Waals surface area contributed by atoms with E-state index in [2.05, 4.69) is 52.8 Å². The van der Waals surface area contributed by atoms with Gasteiger partial charge in [0, 0.05) is 0 Å². The van der Waals surface area contributed by atoms with Crippen molar-refractivity contribution in [3.63, 3.8) is 0 Å². The van der Waals surface area contributed by atoms with E-state index in [1.807, 2.05) is 0 Å². The number of aromatic carboxylic acids is 1. The van der Waals surface area contributed by atoms with Crippen LogP contribution in [0.25, 0.3) is 10.8 Å². The molecule has 29 nitrogen and oxygen atoms in total. The summed E-state index contributed by atoms with van der Waals surface area (Å²) in [6.45, 7) is -1.50. The Hall–Kier alpha value is -4.26. The number of benzene rings is 4. The standard InChI is InChI=1S/C27H25N5O24S7/c28-23-22-13(10-21(62(43,44)45)25(23)32-30-18-4-2-15(12-19(18)57-54-51-36)61(41,42)8-6-50-63(46,47)48)9-20(58-55-52-37)24(26(22)33)31-29-17-3-1-14(11-16(17)27(34)35)60(39,40)7-5-49-59-56-53-38/h1-4,9-12,33,36-38H,5-8,28H2,(H,34,35)(H,43,44,45)(H,46,47,48). The quantitative estimate of drug-likeness (QED) is 0.00857. The van der Waals surface area contributed by atoms with Gasteiger partial charge >= 0.3 is 16.4 Å². The topological polar surface area (TPSA) is 445 Å². The molecular weight excluding hydrogens is 1000 g/mol. The summed E-state index contributed by atoms with van der Waals surface area (Å²) in [6.07, 6.45) is 0. The van der Waals surface area contributed by atoms with E-state index in [1.165, 1.54) is 0 Å². The second-order valence-corrected chi connectivity index (χ2v) is 19.9. The molecule has 0 heterocycles. The van der Waals surface area contributed by atoms with E-state index in [-0.39, 0.29) is 57.3 Å². The fraction of sp³-hybridized carbons (Fsp3) is 0.148. The van der Waals surface area contributed by atoms with Gasteiger partial charge in [0.15, 0.2) is 37.7 Å². The van der Waals surface area contributed by atoms with E-state index in [0.29, 0.717) is 0 Å². The number of nitrogen functional groups attached to an aromatic ring is 1. The van der Waals surface area contributed by atoms with Gasteiger partial charge in [-0.05, 0) is 53.9 Å². The zero-order valence-corrected chi connectivity index (χ0v) is 36.0. The van der Waals surface area contributed by atoms with Crippen LogP contribution in [-0.4, -0.2) is 99.5 Å². The molecule has 0 fully saturated rings. The number of carboxylic acid groups (broad SMARTS) is 1. The molecule has 0 saturated carbocycles. The average molecular weight is 1030 g/mol. The van der Waals surface area contributed by atoms with Gasteiger partial charge in [-0.1, -0.05) is 15.1 Å². The fourth-order valence-corrected chi connectivity index (χ4v) is 9.44. The lowest BCUT2D eigenvalue weighted by Gasteiger charge is -2.14. The highest BCUT2D eigenvalue weighted by Gasteiger charge is 2.27. The number of anilines is 1. The van der Waals surface area contributed by atoms with Crippen LogP contribution in [0.15, 0.2) is 93.5 Å². The SMILES string of the molecule is Nc1c(N=Nc2ccc(S(=O)(=O)CCOS(=O)(=O)O)cc2SOOO)c(S(=O)(=O)O)cc2cc(SOOO)c(N=Nc3ccc(S(=O)(=O)CCOSOOO)cc3C(=O)O)c(O)c12. The lowest BCUT2D eigenvalue weighted by Crippen LogP contribution is -2.15. The minimum atomic E-state index is -5.28. The van der Waals surface area contributed by atoms with Crippen LogP contribution < -0.4 is 5.73 Å². The Morgan fingerprint density at radius 3 is 1.83 bits per heavy atom. The number of fused-ring (bicyclic) bond motifs is 1. The first-order valence-corrected chi connectivity index (χ1v) is 23.9. The van der Waals surface area contributed by atoms with Crippen molar-refractivity contribution in [3.05, 3.63) is 54.1 Å². The average Bonchev–Trinajstić information content (AvgIpc) is 3.20. The molecular formula is C27H25N5O24S7. The molecule has 36 heteroatoms. The summed E-state index contributed by atoms with van der Waals surface area (Å²) in [5, 5.41) is 71.9. The summed E-state index contributed by atoms with van der Waals surface area (Å²) in [4.78, 5) is 9.44. The number of aromatic hydroxyl groups is 1. The van der Waals surface area contributed by atoms with Gasteiger partial charge in [-0.3, -0.25) is 13.3 Å². The van der Waals surface area contributed by atoms with E-state index in [4.69, 9.17) is 30.2 Å². The minimum Gasteiger partial charge on any atom is -0.505 e. The second kappa shape index (κ2) is 22.1. The van der Waals surface area contributed by atoms with Crippen LogP contribution in [0.5, 0.6) is 5.75 Å². The molecule has 0 amide bonds. The number of phenolic OH excluding ortho intramolecular Hbond substituents is 1. The van der Waals surface area contributed by atoms with E-state index in [1.54, 1.807) is 0 Å². The minimum absolute atomic E-state index is 0.103. The predicted molar refractivity (Wildman–Crippen MR) is 209 cm³/mol. The van der Waals surface area contributed by atoms with Gasteiger partial charge in [0.1, 0.15) is 27.6 Å². The molecule has 0 radical (unpaired) electrons. The maximum Gasteiger partial charge on any atom is 0.397 e. The predicted octanol–water partition coefficient (Wildman–Crippen LogP) is 5.13. The molecule has 0 spiro atoms. The monoisotopic (exact) mass is 1030 g/mol. The van der Waals surface area contributed by atoms with Crippen molar-refractivity contribution in [1.29, 1.82) is 0 Å². The van der Waals surface area contributed by atoms with Crippen LogP contribution in [0.2, 0.25) is 0 Å². The van der Waals surface area contributed by atoms with Crippen molar-refractivity contribution in [3.8, 4) is 5.75 Å². The van der Waals surface area contributed by atoms with E-state index in [0.717, 1.165) is 48.5 Å².